The van der Waals surface area contributed by atoms with Crippen LogP contribution in [-0.4, -0.2) is 48.6 Å². The van der Waals surface area contributed by atoms with Crippen LogP contribution in [0.25, 0.3) is 6.08 Å². The van der Waals surface area contributed by atoms with Crippen molar-refractivity contribution in [2.45, 2.75) is 18.9 Å². The van der Waals surface area contributed by atoms with Gasteiger partial charge in [0.05, 0.1) is 0 Å². The molecule has 2 aliphatic rings. The zero-order chi connectivity index (χ0) is 17.3. The van der Waals surface area contributed by atoms with E-state index in [1.165, 1.54) is 4.90 Å². The Morgan fingerprint density at radius 2 is 2.08 bits per heavy atom. The Balaban J connectivity index is 1.89. The minimum Gasteiger partial charge on any atom is -0.378 e. The topological polar surface area (TPSA) is 61.9 Å². The summed E-state index contributed by atoms with van der Waals surface area (Å²) in [7, 11) is 3.91. The van der Waals surface area contributed by atoms with Gasteiger partial charge in [0.2, 0.25) is 0 Å². The van der Waals surface area contributed by atoms with Crippen LogP contribution < -0.4 is 10.2 Å². The standard InChI is InChI=1S/C17H19N3O3S/c1-19(2)12-7-5-11(6-8-12)10-13-15(21)18-17(24)20(13)16(22)14-4-3-9-23-14/h5-8,10,14H,3-4,9H2,1-2H3,(H,18,21,24)/b13-10+/t14-/m1/s1. The van der Waals surface area contributed by atoms with Gasteiger partial charge in [0.1, 0.15) is 11.8 Å². The lowest BCUT2D eigenvalue weighted by Gasteiger charge is -2.19. The molecule has 24 heavy (non-hydrogen) atoms. The van der Waals surface area contributed by atoms with Gasteiger partial charge in [-0.05, 0) is 48.8 Å². The lowest BCUT2D eigenvalue weighted by molar-refractivity contribution is -0.135. The molecule has 3 rings (SSSR count). The summed E-state index contributed by atoms with van der Waals surface area (Å²) in [6.07, 6.45) is 2.62. The number of hydrogen-bond acceptors (Lipinski definition) is 5. The van der Waals surface area contributed by atoms with E-state index in [-0.39, 0.29) is 22.6 Å². The first kappa shape index (κ1) is 16.6. The van der Waals surface area contributed by atoms with Crippen molar-refractivity contribution in [2.24, 2.45) is 0 Å². The van der Waals surface area contributed by atoms with Crippen LogP contribution in [-0.2, 0) is 14.3 Å². The number of ether oxygens (including phenoxy) is 1. The van der Waals surface area contributed by atoms with E-state index in [4.69, 9.17) is 17.0 Å². The van der Waals surface area contributed by atoms with E-state index in [1.54, 1.807) is 6.08 Å². The van der Waals surface area contributed by atoms with Crippen LogP contribution in [0.2, 0.25) is 0 Å². The SMILES string of the molecule is CN(C)c1ccc(/C=C2\C(=O)NC(=S)N2C(=O)[C@H]2CCCO2)cc1. The number of nitrogens with one attached hydrogen (secondary N) is 1. The van der Waals surface area contributed by atoms with Crippen LogP contribution in [0.5, 0.6) is 0 Å². The summed E-state index contributed by atoms with van der Waals surface area (Å²) in [5, 5.41) is 2.64. The summed E-state index contributed by atoms with van der Waals surface area (Å²) in [6.45, 7) is 0.559. The maximum Gasteiger partial charge on any atom is 0.274 e. The molecule has 0 aromatic heterocycles. The molecule has 2 amide bonds. The Morgan fingerprint density at radius 3 is 2.67 bits per heavy atom. The fourth-order valence-corrected chi connectivity index (χ4v) is 3.00. The van der Waals surface area contributed by atoms with Crippen LogP contribution in [0.1, 0.15) is 18.4 Å². The highest BCUT2D eigenvalue weighted by atomic mass is 32.1. The predicted molar refractivity (Wildman–Crippen MR) is 95.3 cm³/mol. The molecule has 2 heterocycles. The van der Waals surface area contributed by atoms with Crippen molar-refractivity contribution in [1.82, 2.24) is 10.2 Å². The lowest BCUT2D eigenvalue weighted by atomic mass is 10.1. The molecule has 7 heteroatoms. The van der Waals surface area contributed by atoms with Crippen molar-refractivity contribution >= 4 is 40.9 Å². The molecule has 0 spiro atoms. The number of carbonyl (C=O) groups is 2. The second kappa shape index (κ2) is 6.70. The van der Waals surface area contributed by atoms with E-state index in [9.17, 15) is 9.59 Å². The van der Waals surface area contributed by atoms with Gasteiger partial charge in [0, 0.05) is 26.4 Å². The van der Waals surface area contributed by atoms with Gasteiger partial charge >= 0.3 is 0 Å². The number of amides is 2. The van der Waals surface area contributed by atoms with Gasteiger partial charge in [-0.3, -0.25) is 14.9 Å². The number of anilines is 1. The van der Waals surface area contributed by atoms with Gasteiger partial charge < -0.3 is 9.64 Å². The fraction of sp³-hybridized carbons (Fsp3) is 0.353. The van der Waals surface area contributed by atoms with E-state index in [2.05, 4.69) is 5.32 Å². The molecule has 1 aromatic rings. The lowest BCUT2D eigenvalue weighted by Crippen LogP contribution is -2.40. The third kappa shape index (κ3) is 3.18. The zero-order valence-electron chi connectivity index (χ0n) is 13.6. The van der Waals surface area contributed by atoms with Crippen LogP contribution >= 0.6 is 12.2 Å². The number of rotatable bonds is 3. The minimum absolute atomic E-state index is 0.108. The van der Waals surface area contributed by atoms with Crippen LogP contribution in [0, 0.1) is 0 Å². The molecule has 126 valence electrons. The number of nitrogens with zero attached hydrogens (tertiary/aromatic N) is 2. The molecular weight excluding hydrogens is 326 g/mol. The molecule has 0 unspecified atom stereocenters. The number of benzene rings is 1. The zero-order valence-corrected chi connectivity index (χ0v) is 14.4. The van der Waals surface area contributed by atoms with Crippen molar-refractivity contribution < 1.29 is 14.3 Å². The first-order chi connectivity index (χ1) is 11.5. The second-order valence-corrected chi connectivity index (χ2v) is 6.34. The van der Waals surface area contributed by atoms with E-state index < -0.39 is 6.10 Å². The Labute approximate surface area is 146 Å². The molecule has 6 nitrogen and oxygen atoms in total. The number of carbonyl (C=O) groups excluding carboxylic acids is 2. The highest BCUT2D eigenvalue weighted by Crippen LogP contribution is 2.23. The summed E-state index contributed by atoms with van der Waals surface area (Å²) < 4.78 is 5.43. The minimum atomic E-state index is -0.532. The van der Waals surface area contributed by atoms with Gasteiger partial charge in [0.15, 0.2) is 5.11 Å². The first-order valence-corrected chi connectivity index (χ1v) is 8.18. The molecule has 0 aliphatic carbocycles. The van der Waals surface area contributed by atoms with Crippen molar-refractivity contribution in [2.75, 3.05) is 25.6 Å². The number of thiocarbonyl (C=S) groups is 1. The Kier molecular flexibility index (Phi) is 4.64. The first-order valence-electron chi connectivity index (χ1n) is 7.77. The molecular formula is C17H19N3O3S. The summed E-state index contributed by atoms with van der Waals surface area (Å²) in [5.41, 5.74) is 2.11. The fourth-order valence-electron chi connectivity index (χ4n) is 2.72. The van der Waals surface area contributed by atoms with Crippen LogP contribution in [0.3, 0.4) is 0 Å². The van der Waals surface area contributed by atoms with Crippen molar-refractivity contribution in [3.05, 3.63) is 35.5 Å². The van der Waals surface area contributed by atoms with Gasteiger partial charge in [-0.25, -0.2) is 4.90 Å². The van der Waals surface area contributed by atoms with Gasteiger partial charge in [-0.15, -0.1) is 0 Å². The third-order valence-electron chi connectivity index (χ3n) is 4.04. The molecule has 1 atom stereocenters. The summed E-state index contributed by atoms with van der Waals surface area (Å²) >= 11 is 5.15. The van der Waals surface area contributed by atoms with E-state index in [0.717, 1.165) is 17.7 Å². The Bertz CT molecular complexity index is 706. The maximum atomic E-state index is 12.6. The molecule has 2 aliphatic heterocycles. The highest BCUT2D eigenvalue weighted by Gasteiger charge is 2.39. The highest BCUT2D eigenvalue weighted by molar-refractivity contribution is 7.80. The second-order valence-electron chi connectivity index (χ2n) is 5.95. The molecule has 1 N–H and O–H groups in total. The van der Waals surface area contributed by atoms with Crippen LogP contribution in [0.15, 0.2) is 30.0 Å². The van der Waals surface area contributed by atoms with Gasteiger partial charge in [-0.2, -0.15) is 0 Å². The quantitative estimate of drug-likeness (QED) is 0.665. The van der Waals surface area contributed by atoms with Crippen molar-refractivity contribution in [3.8, 4) is 0 Å². The largest absolute Gasteiger partial charge is 0.378 e. The van der Waals surface area contributed by atoms with Crippen LogP contribution in [0.4, 0.5) is 5.69 Å². The summed E-state index contributed by atoms with van der Waals surface area (Å²) in [4.78, 5) is 28.1. The summed E-state index contributed by atoms with van der Waals surface area (Å²) in [5.74, 6) is -0.657. The Morgan fingerprint density at radius 1 is 1.38 bits per heavy atom. The predicted octanol–water partition coefficient (Wildman–Crippen LogP) is 1.52. The van der Waals surface area contributed by atoms with E-state index >= 15 is 0 Å². The average molecular weight is 345 g/mol. The van der Waals surface area contributed by atoms with E-state index in [1.807, 2.05) is 43.3 Å². The van der Waals surface area contributed by atoms with Gasteiger partial charge in [-0.1, -0.05) is 12.1 Å². The van der Waals surface area contributed by atoms with Crippen molar-refractivity contribution in [3.63, 3.8) is 0 Å². The smallest absolute Gasteiger partial charge is 0.274 e. The monoisotopic (exact) mass is 345 g/mol. The van der Waals surface area contributed by atoms with Crippen molar-refractivity contribution in [1.29, 1.82) is 0 Å². The molecule has 2 saturated heterocycles. The molecule has 0 saturated carbocycles. The molecule has 1 aromatic carbocycles. The van der Waals surface area contributed by atoms with Gasteiger partial charge in [0.25, 0.3) is 11.8 Å². The molecule has 2 fully saturated rings. The van der Waals surface area contributed by atoms with E-state index in [0.29, 0.717) is 13.0 Å². The molecule has 0 radical (unpaired) electrons. The average Bonchev–Trinajstić information content (AvgIpc) is 3.16. The Hall–Kier alpha value is -2.25. The number of hydrogen-bond donors (Lipinski definition) is 1. The summed E-state index contributed by atoms with van der Waals surface area (Å²) in [6, 6.07) is 7.69. The maximum absolute atomic E-state index is 12.6. The molecule has 0 bridgehead atoms. The third-order valence-corrected chi connectivity index (χ3v) is 4.32. The normalized spacial score (nSPS) is 22.2.